The van der Waals surface area contributed by atoms with Gasteiger partial charge in [0.25, 0.3) is 0 Å². The van der Waals surface area contributed by atoms with Gasteiger partial charge in [-0.25, -0.2) is 0 Å². The normalized spacial score (nSPS) is 19.0. The van der Waals surface area contributed by atoms with Gasteiger partial charge in [0, 0.05) is 5.92 Å². The van der Waals surface area contributed by atoms with E-state index in [4.69, 9.17) is 0 Å². The van der Waals surface area contributed by atoms with Crippen molar-refractivity contribution >= 4 is 5.57 Å². The van der Waals surface area contributed by atoms with E-state index in [1.165, 1.54) is 70.2 Å². The molecule has 0 N–H and O–H groups in total. The second kappa shape index (κ2) is 27.6. The van der Waals surface area contributed by atoms with Crippen molar-refractivity contribution in [2.45, 2.75) is 130 Å². The van der Waals surface area contributed by atoms with Crippen LogP contribution in [-0.2, 0) is 6.42 Å². The van der Waals surface area contributed by atoms with Crippen LogP contribution in [0.15, 0.2) is 132 Å². The summed E-state index contributed by atoms with van der Waals surface area (Å²) in [4.78, 5) is 0. The molecule has 0 heterocycles. The minimum atomic E-state index is 0.555. The SMILES string of the molecule is C/C=C\C=C1/CCc2c(C)cccc21.C=CC1=C(C)C2=C(C=CC(C)CC2)C1C.C=C\C=C/C(/C=C\C)=C(\C)C(C)C.CC.CC.CC. The van der Waals surface area contributed by atoms with E-state index in [1.54, 1.807) is 17.2 Å². The Morgan fingerprint density at radius 2 is 1.50 bits per heavy atom. The number of benzene rings is 1. The van der Waals surface area contributed by atoms with Crippen molar-refractivity contribution in [3.63, 3.8) is 0 Å². The maximum Gasteiger partial charge on any atom is 0.00662 e. The van der Waals surface area contributed by atoms with Crippen LogP contribution in [-0.4, -0.2) is 0 Å². The van der Waals surface area contributed by atoms with Crippen molar-refractivity contribution in [3.8, 4) is 0 Å². The van der Waals surface area contributed by atoms with Crippen LogP contribution in [0, 0.1) is 24.7 Å². The molecule has 0 heteroatoms. The zero-order chi connectivity index (χ0) is 37.2. The van der Waals surface area contributed by atoms with Crippen LogP contribution in [0.25, 0.3) is 5.57 Å². The molecule has 4 rings (SSSR count). The van der Waals surface area contributed by atoms with Gasteiger partial charge in [-0.05, 0) is 122 Å². The van der Waals surface area contributed by atoms with Crippen LogP contribution < -0.4 is 0 Å². The first kappa shape index (κ1) is 46.7. The van der Waals surface area contributed by atoms with Gasteiger partial charge in [-0.1, -0.05) is 173 Å². The Balaban J connectivity index is 0. The summed E-state index contributed by atoms with van der Waals surface area (Å²) in [5, 5.41) is 0. The van der Waals surface area contributed by atoms with Crippen molar-refractivity contribution < 1.29 is 0 Å². The molecule has 0 saturated heterocycles. The smallest absolute Gasteiger partial charge is 0.00662 e. The maximum atomic E-state index is 3.93. The zero-order valence-electron chi connectivity index (χ0n) is 34.1. The minimum Gasteiger partial charge on any atom is -0.0991 e. The highest BCUT2D eigenvalue weighted by Gasteiger charge is 2.26. The highest BCUT2D eigenvalue weighted by Crippen LogP contribution is 2.42. The quantitative estimate of drug-likeness (QED) is 0.269. The number of allylic oxidation sites excluding steroid dienone is 18. The van der Waals surface area contributed by atoms with E-state index in [2.05, 4.69) is 135 Å². The first-order valence-electron chi connectivity index (χ1n) is 18.9. The van der Waals surface area contributed by atoms with Gasteiger partial charge in [0.1, 0.15) is 0 Å². The average molecular weight is 651 g/mol. The standard InChI is InChI=1S/C15H20.C14H16.C13H20.3C2H6/c1-5-13-11(3)14-8-6-10(2)7-9-15(14)12(13)4;1-3-4-7-12-9-10-13-11(2)6-5-8-14(12)13;1-6-8-10-13(9-7-2)12(5)11(3)4;3*1-2/h5-6,8,10-11H,1,7,9H2,2-4H3;3-8H,9-10H2,1-2H3;6-11H,1H2,2-5H3;3*1-2H3/b;4-3-,12-7+;9-7-,10-8-,13-12+;;;. The minimum absolute atomic E-state index is 0.555. The van der Waals surface area contributed by atoms with Crippen LogP contribution in [0.3, 0.4) is 0 Å². The maximum absolute atomic E-state index is 3.93. The van der Waals surface area contributed by atoms with Gasteiger partial charge >= 0.3 is 0 Å². The summed E-state index contributed by atoms with van der Waals surface area (Å²) >= 11 is 0. The highest BCUT2D eigenvalue weighted by molar-refractivity contribution is 5.74. The lowest BCUT2D eigenvalue weighted by Gasteiger charge is -2.08. The van der Waals surface area contributed by atoms with Crippen LogP contribution in [0.2, 0.25) is 0 Å². The third-order valence-electron chi connectivity index (χ3n) is 8.81. The predicted octanol–water partition coefficient (Wildman–Crippen LogP) is 15.7. The molecule has 0 nitrogen and oxygen atoms in total. The first-order valence-corrected chi connectivity index (χ1v) is 18.9. The molecule has 0 saturated carbocycles. The molecule has 2 unspecified atom stereocenters. The van der Waals surface area contributed by atoms with Gasteiger partial charge in [0.2, 0.25) is 0 Å². The van der Waals surface area contributed by atoms with Gasteiger partial charge < -0.3 is 0 Å². The van der Waals surface area contributed by atoms with E-state index in [1.807, 2.05) is 60.6 Å². The van der Waals surface area contributed by atoms with Gasteiger partial charge in [-0.15, -0.1) is 0 Å². The summed E-state index contributed by atoms with van der Waals surface area (Å²) < 4.78 is 0. The topological polar surface area (TPSA) is 0 Å². The van der Waals surface area contributed by atoms with Crippen molar-refractivity contribution in [2.75, 3.05) is 0 Å². The van der Waals surface area contributed by atoms with Gasteiger partial charge in [0.15, 0.2) is 0 Å². The lowest BCUT2D eigenvalue weighted by Crippen LogP contribution is -1.95. The molecule has 48 heavy (non-hydrogen) atoms. The zero-order valence-corrected chi connectivity index (χ0v) is 34.1. The molecule has 1 aromatic carbocycles. The molecule has 3 aliphatic carbocycles. The van der Waals surface area contributed by atoms with Crippen molar-refractivity contribution in [2.24, 2.45) is 17.8 Å². The molecule has 3 aliphatic rings. The molecule has 0 aromatic heterocycles. The van der Waals surface area contributed by atoms with Gasteiger partial charge in [-0.3, -0.25) is 0 Å². The lowest BCUT2D eigenvalue weighted by molar-refractivity contribution is 0.652. The molecule has 0 radical (unpaired) electrons. The van der Waals surface area contributed by atoms with E-state index in [0.29, 0.717) is 11.8 Å². The fourth-order valence-electron chi connectivity index (χ4n) is 5.91. The molecule has 266 valence electrons. The van der Waals surface area contributed by atoms with Crippen LogP contribution in [0.5, 0.6) is 0 Å². The highest BCUT2D eigenvalue weighted by atomic mass is 14.3. The van der Waals surface area contributed by atoms with Gasteiger partial charge in [0.05, 0.1) is 0 Å². The first-order chi connectivity index (χ1) is 23.1. The summed E-state index contributed by atoms with van der Waals surface area (Å²) in [6.07, 6.45) is 28.2. The third-order valence-corrected chi connectivity index (χ3v) is 8.81. The Labute approximate surface area is 300 Å². The Morgan fingerprint density at radius 1 is 0.854 bits per heavy atom. The summed E-state index contributed by atoms with van der Waals surface area (Å²) in [6, 6.07) is 6.60. The summed E-state index contributed by atoms with van der Waals surface area (Å²) in [7, 11) is 0. The number of hydrogen-bond acceptors (Lipinski definition) is 0. The number of rotatable bonds is 6. The molecular weight excluding hydrogens is 577 g/mol. The Kier molecular flexibility index (Phi) is 26.8. The average Bonchev–Trinajstić information content (AvgIpc) is 3.55. The Bertz CT molecular complexity index is 1340. The van der Waals surface area contributed by atoms with Gasteiger partial charge in [-0.2, -0.15) is 0 Å². The van der Waals surface area contributed by atoms with E-state index in [0.717, 1.165) is 5.92 Å². The summed E-state index contributed by atoms with van der Waals surface area (Å²) in [6.45, 7) is 39.3. The number of aryl methyl sites for hydroxylation is 1. The Morgan fingerprint density at radius 3 is 2.04 bits per heavy atom. The molecule has 1 aromatic rings. The fourth-order valence-corrected chi connectivity index (χ4v) is 5.91. The predicted molar refractivity (Wildman–Crippen MR) is 225 cm³/mol. The van der Waals surface area contributed by atoms with E-state index in [9.17, 15) is 0 Å². The van der Waals surface area contributed by atoms with Crippen LogP contribution >= 0.6 is 0 Å². The summed E-state index contributed by atoms with van der Waals surface area (Å²) in [5.41, 5.74) is 14.7. The molecule has 2 atom stereocenters. The molecule has 0 bridgehead atoms. The molecule has 0 aliphatic heterocycles. The van der Waals surface area contributed by atoms with E-state index >= 15 is 0 Å². The molecule has 0 fully saturated rings. The second-order valence-electron chi connectivity index (χ2n) is 12.0. The lowest BCUT2D eigenvalue weighted by atomic mass is 9.96. The third kappa shape index (κ3) is 14.8. The van der Waals surface area contributed by atoms with Crippen LogP contribution in [0.1, 0.15) is 133 Å². The van der Waals surface area contributed by atoms with Crippen molar-refractivity contribution in [1.82, 2.24) is 0 Å². The van der Waals surface area contributed by atoms with Crippen molar-refractivity contribution in [1.29, 1.82) is 0 Å². The molecule has 0 amide bonds. The molecular formula is C48H74. The van der Waals surface area contributed by atoms with E-state index in [-0.39, 0.29) is 0 Å². The largest absolute Gasteiger partial charge is 0.0991 e. The Hall–Kier alpha value is -3.38. The second-order valence-corrected chi connectivity index (χ2v) is 12.0. The monoisotopic (exact) mass is 651 g/mol. The number of hydrogen-bond donors (Lipinski definition) is 0. The van der Waals surface area contributed by atoms with E-state index < -0.39 is 0 Å². The van der Waals surface area contributed by atoms with Crippen LogP contribution in [0.4, 0.5) is 0 Å². The van der Waals surface area contributed by atoms with Crippen molar-refractivity contribution in [3.05, 3.63) is 148 Å². The summed E-state index contributed by atoms with van der Waals surface area (Å²) in [5.74, 6) is 1.88. The fraction of sp³-hybridized carbons (Fsp3) is 0.458. The number of fused-ring (bicyclic) bond motifs is 1. The molecule has 0 spiro atoms.